The molecule has 0 saturated carbocycles. The van der Waals surface area contributed by atoms with Crippen LogP contribution >= 0.6 is 0 Å². The molecule has 0 saturated heterocycles. The Morgan fingerprint density at radius 1 is 1.00 bits per heavy atom. The van der Waals surface area contributed by atoms with Gasteiger partial charge in [-0.15, -0.1) is 0 Å². The Labute approximate surface area is 155 Å². The number of carbonyl (C=O) groups excluding carboxylic acids is 2. The lowest BCUT2D eigenvalue weighted by Gasteiger charge is -2.28. The van der Waals surface area contributed by atoms with Crippen LogP contribution in [0.3, 0.4) is 0 Å². The van der Waals surface area contributed by atoms with E-state index in [-0.39, 0.29) is 18.4 Å². The quantitative estimate of drug-likeness (QED) is 0.824. The summed E-state index contributed by atoms with van der Waals surface area (Å²) >= 11 is 0. The zero-order valence-electron chi connectivity index (χ0n) is 15.8. The third kappa shape index (κ3) is 3.36. The molecule has 0 aromatic heterocycles. The molecule has 0 unspecified atom stereocenters. The minimum Gasteiger partial charge on any atom is -0.310 e. The van der Waals surface area contributed by atoms with E-state index in [1.807, 2.05) is 41.3 Å². The van der Waals surface area contributed by atoms with Gasteiger partial charge in [-0.3, -0.25) is 9.59 Å². The Kier molecular flexibility index (Phi) is 5.40. The standard InChI is InChI=1S/C22H26N2O2/c1-4-17-10-8-11-18(5-2)22(17)24(16(3)25)15-21(26)23-14-13-19-9-6-7-12-20(19)23/h6-12H,4-5,13-15H2,1-3H3. The smallest absolute Gasteiger partial charge is 0.247 e. The Morgan fingerprint density at radius 3 is 2.27 bits per heavy atom. The van der Waals surface area contributed by atoms with Crippen LogP contribution in [0, 0.1) is 0 Å². The van der Waals surface area contributed by atoms with Crippen LogP contribution in [0.2, 0.25) is 0 Å². The number of rotatable bonds is 5. The fourth-order valence-corrected chi connectivity index (χ4v) is 3.73. The number of benzene rings is 2. The van der Waals surface area contributed by atoms with Crippen LogP contribution in [0.1, 0.15) is 37.5 Å². The Hall–Kier alpha value is -2.62. The van der Waals surface area contributed by atoms with Gasteiger partial charge in [0.25, 0.3) is 0 Å². The van der Waals surface area contributed by atoms with E-state index in [2.05, 4.69) is 19.9 Å². The van der Waals surface area contributed by atoms with E-state index < -0.39 is 0 Å². The number of hydrogen-bond donors (Lipinski definition) is 0. The van der Waals surface area contributed by atoms with Crippen LogP contribution in [0.25, 0.3) is 0 Å². The predicted molar refractivity (Wildman–Crippen MR) is 106 cm³/mol. The molecule has 0 N–H and O–H groups in total. The lowest BCUT2D eigenvalue weighted by molar-refractivity contribution is -0.121. The first-order valence-electron chi connectivity index (χ1n) is 9.33. The average Bonchev–Trinajstić information content (AvgIpc) is 3.09. The first kappa shape index (κ1) is 18.2. The summed E-state index contributed by atoms with van der Waals surface area (Å²) in [6.45, 7) is 6.45. The fourth-order valence-electron chi connectivity index (χ4n) is 3.73. The van der Waals surface area contributed by atoms with Crippen LogP contribution in [0.4, 0.5) is 11.4 Å². The van der Waals surface area contributed by atoms with Gasteiger partial charge in [-0.1, -0.05) is 50.2 Å². The molecule has 0 aliphatic carbocycles. The van der Waals surface area contributed by atoms with E-state index in [1.165, 1.54) is 12.5 Å². The minimum absolute atomic E-state index is 0.0295. The molecule has 4 nitrogen and oxygen atoms in total. The Morgan fingerprint density at radius 2 is 1.65 bits per heavy atom. The molecule has 26 heavy (non-hydrogen) atoms. The molecule has 2 amide bonds. The molecule has 2 aromatic carbocycles. The molecule has 0 radical (unpaired) electrons. The molecule has 136 valence electrons. The fraction of sp³-hybridized carbons (Fsp3) is 0.364. The third-order valence-corrected chi connectivity index (χ3v) is 5.10. The summed E-state index contributed by atoms with van der Waals surface area (Å²) in [6.07, 6.45) is 2.52. The van der Waals surface area contributed by atoms with Crippen molar-refractivity contribution in [3.05, 3.63) is 59.2 Å². The van der Waals surface area contributed by atoms with Crippen LogP contribution in [0.5, 0.6) is 0 Å². The first-order valence-corrected chi connectivity index (χ1v) is 9.33. The lowest BCUT2D eigenvalue weighted by atomic mass is 10.0. The number of nitrogens with zero attached hydrogens (tertiary/aromatic N) is 2. The summed E-state index contributed by atoms with van der Waals surface area (Å²) in [6, 6.07) is 14.1. The number of para-hydroxylation sites is 2. The number of amides is 2. The highest BCUT2D eigenvalue weighted by Gasteiger charge is 2.28. The van der Waals surface area contributed by atoms with Gasteiger partial charge < -0.3 is 9.80 Å². The van der Waals surface area contributed by atoms with Crippen LogP contribution < -0.4 is 9.80 Å². The monoisotopic (exact) mass is 350 g/mol. The van der Waals surface area contributed by atoms with Gasteiger partial charge in [0, 0.05) is 19.2 Å². The van der Waals surface area contributed by atoms with Crippen molar-refractivity contribution in [1.82, 2.24) is 0 Å². The highest BCUT2D eigenvalue weighted by atomic mass is 16.2. The van der Waals surface area contributed by atoms with Crippen LogP contribution in [-0.2, 0) is 28.9 Å². The molecule has 1 aliphatic rings. The molecule has 0 fully saturated rings. The summed E-state index contributed by atoms with van der Waals surface area (Å²) in [5.74, 6) is -0.125. The normalized spacial score (nSPS) is 12.8. The molecule has 4 heteroatoms. The van der Waals surface area contributed by atoms with E-state index in [1.54, 1.807) is 4.90 Å². The van der Waals surface area contributed by atoms with Crippen molar-refractivity contribution in [1.29, 1.82) is 0 Å². The van der Waals surface area contributed by atoms with Crippen molar-refractivity contribution >= 4 is 23.2 Å². The molecular formula is C22H26N2O2. The summed E-state index contributed by atoms with van der Waals surface area (Å²) in [5, 5.41) is 0. The summed E-state index contributed by atoms with van der Waals surface area (Å²) in [5.41, 5.74) is 5.29. The van der Waals surface area contributed by atoms with Crippen LogP contribution in [0.15, 0.2) is 42.5 Å². The largest absolute Gasteiger partial charge is 0.310 e. The minimum atomic E-state index is -0.0959. The maximum Gasteiger partial charge on any atom is 0.247 e. The van der Waals surface area contributed by atoms with E-state index in [4.69, 9.17) is 0 Å². The predicted octanol–water partition coefficient (Wildman–Crippen LogP) is 3.75. The Balaban J connectivity index is 1.92. The van der Waals surface area contributed by atoms with Gasteiger partial charge in [-0.2, -0.15) is 0 Å². The van der Waals surface area contributed by atoms with Crippen molar-refractivity contribution in [2.24, 2.45) is 0 Å². The number of anilines is 2. The van der Waals surface area contributed by atoms with Gasteiger partial charge in [-0.25, -0.2) is 0 Å². The molecule has 1 aliphatic heterocycles. The van der Waals surface area contributed by atoms with Crippen LogP contribution in [-0.4, -0.2) is 24.9 Å². The zero-order valence-corrected chi connectivity index (χ0v) is 15.8. The molecular weight excluding hydrogens is 324 g/mol. The first-order chi connectivity index (χ1) is 12.6. The summed E-state index contributed by atoms with van der Waals surface area (Å²) in [7, 11) is 0. The molecule has 0 spiro atoms. The number of hydrogen-bond acceptors (Lipinski definition) is 2. The number of fused-ring (bicyclic) bond motifs is 1. The number of aryl methyl sites for hydroxylation is 2. The Bertz CT molecular complexity index is 806. The van der Waals surface area contributed by atoms with Crippen molar-refractivity contribution in [2.75, 3.05) is 22.9 Å². The van der Waals surface area contributed by atoms with E-state index in [0.29, 0.717) is 6.54 Å². The van der Waals surface area contributed by atoms with E-state index >= 15 is 0 Å². The number of carbonyl (C=O) groups is 2. The second-order valence-corrected chi connectivity index (χ2v) is 6.66. The van der Waals surface area contributed by atoms with Gasteiger partial charge >= 0.3 is 0 Å². The summed E-state index contributed by atoms with van der Waals surface area (Å²) in [4.78, 5) is 28.9. The van der Waals surface area contributed by atoms with E-state index in [0.717, 1.165) is 41.8 Å². The molecule has 2 aromatic rings. The van der Waals surface area contributed by atoms with E-state index in [9.17, 15) is 9.59 Å². The van der Waals surface area contributed by atoms with Gasteiger partial charge in [0.1, 0.15) is 6.54 Å². The van der Waals surface area contributed by atoms with Crippen molar-refractivity contribution in [3.8, 4) is 0 Å². The maximum atomic E-state index is 13.0. The highest BCUT2D eigenvalue weighted by molar-refractivity contribution is 6.04. The highest BCUT2D eigenvalue weighted by Crippen LogP contribution is 2.30. The van der Waals surface area contributed by atoms with Gasteiger partial charge in [0.05, 0.1) is 5.69 Å². The zero-order chi connectivity index (χ0) is 18.7. The average molecular weight is 350 g/mol. The SMILES string of the molecule is CCc1cccc(CC)c1N(CC(=O)N1CCc2ccccc21)C(C)=O. The molecule has 0 bridgehead atoms. The third-order valence-electron chi connectivity index (χ3n) is 5.10. The van der Waals surface area contributed by atoms with Crippen molar-refractivity contribution < 1.29 is 9.59 Å². The lowest BCUT2D eigenvalue weighted by Crippen LogP contribution is -2.42. The second kappa shape index (κ2) is 7.73. The van der Waals surface area contributed by atoms with Gasteiger partial charge in [0.2, 0.25) is 11.8 Å². The molecule has 1 heterocycles. The van der Waals surface area contributed by atoms with Gasteiger partial charge in [-0.05, 0) is 42.0 Å². The maximum absolute atomic E-state index is 13.0. The van der Waals surface area contributed by atoms with Crippen molar-refractivity contribution in [2.45, 2.75) is 40.0 Å². The molecule has 0 atom stereocenters. The topological polar surface area (TPSA) is 40.6 Å². The summed E-state index contributed by atoms with van der Waals surface area (Å²) < 4.78 is 0. The second-order valence-electron chi connectivity index (χ2n) is 6.66. The van der Waals surface area contributed by atoms with Gasteiger partial charge in [0.15, 0.2) is 0 Å². The molecule has 3 rings (SSSR count). The van der Waals surface area contributed by atoms with Crippen molar-refractivity contribution in [3.63, 3.8) is 0 Å².